The van der Waals surface area contributed by atoms with Gasteiger partial charge < -0.3 is 5.32 Å². The monoisotopic (exact) mass is 408 g/mol. The lowest BCUT2D eigenvalue weighted by Crippen LogP contribution is -2.05. The summed E-state index contributed by atoms with van der Waals surface area (Å²) in [5.41, 5.74) is 2.86. The predicted molar refractivity (Wildman–Crippen MR) is 113 cm³/mol. The first-order valence-electron chi connectivity index (χ1n) is 9.11. The summed E-state index contributed by atoms with van der Waals surface area (Å²) in [6.07, 6.45) is 2.40. The summed E-state index contributed by atoms with van der Waals surface area (Å²) in [5.74, 6) is 1.37. The number of rotatable bonds is 6. The van der Waals surface area contributed by atoms with Gasteiger partial charge >= 0.3 is 0 Å². The van der Waals surface area contributed by atoms with Gasteiger partial charge in [-0.05, 0) is 49.2 Å². The van der Waals surface area contributed by atoms with Gasteiger partial charge in [-0.3, -0.25) is 0 Å². The highest BCUT2D eigenvalue weighted by atomic mass is 32.2. The van der Waals surface area contributed by atoms with E-state index in [1.165, 1.54) is 25.0 Å². The number of para-hydroxylation sites is 1. The van der Waals surface area contributed by atoms with Crippen LogP contribution in [0.3, 0.4) is 0 Å². The Morgan fingerprint density at radius 3 is 2.68 bits per heavy atom. The highest BCUT2D eigenvalue weighted by Crippen LogP contribution is 2.31. The van der Waals surface area contributed by atoms with E-state index in [-0.39, 0.29) is 5.82 Å². The first-order valence-corrected chi connectivity index (χ1v) is 11.0. The molecule has 7 heteroatoms. The Bertz CT molecular complexity index is 1120. The average molecular weight is 409 g/mol. The number of nitrogens with zero attached hydrogens (tertiary/aromatic N) is 3. The molecule has 1 fully saturated rings. The van der Waals surface area contributed by atoms with E-state index in [2.05, 4.69) is 16.4 Å². The molecular formula is C21H17FN4S2. The Hall–Kier alpha value is -2.51. The Balaban J connectivity index is 1.35. The summed E-state index contributed by atoms with van der Waals surface area (Å²) in [4.78, 5) is 14.1. The minimum atomic E-state index is -0.236. The summed E-state index contributed by atoms with van der Waals surface area (Å²) >= 11 is 3.15. The van der Waals surface area contributed by atoms with Gasteiger partial charge in [0.1, 0.15) is 16.6 Å². The Labute approximate surface area is 170 Å². The number of halogens is 1. The van der Waals surface area contributed by atoms with Gasteiger partial charge in [-0.25, -0.2) is 19.3 Å². The van der Waals surface area contributed by atoms with E-state index < -0.39 is 0 Å². The van der Waals surface area contributed by atoms with E-state index in [1.54, 1.807) is 35.2 Å². The number of thioether (sulfide) groups is 1. The molecule has 1 saturated carbocycles. The van der Waals surface area contributed by atoms with Crippen LogP contribution in [0.1, 0.15) is 18.5 Å². The molecular weight excluding hydrogens is 391 g/mol. The lowest BCUT2D eigenvalue weighted by Gasteiger charge is -2.09. The van der Waals surface area contributed by atoms with Gasteiger partial charge in [-0.2, -0.15) is 0 Å². The highest BCUT2D eigenvalue weighted by molar-refractivity contribution is 7.98. The minimum absolute atomic E-state index is 0.236. The van der Waals surface area contributed by atoms with Gasteiger partial charge in [0.15, 0.2) is 5.16 Å². The van der Waals surface area contributed by atoms with Crippen molar-refractivity contribution >= 4 is 39.8 Å². The van der Waals surface area contributed by atoms with E-state index in [0.717, 1.165) is 38.1 Å². The van der Waals surface area contributed by atoms with Crippen molar-refractivity contribution in [3.8, 4) is 10.6 Å². The second-order valence-corrected chi connectivity index (χ2v) is 8.53. The molecule has 28 heavy (non-hydrogen) atoms. The normalized spacial score (nSPS) is 13.8. The second kappa shape index (κ2) is 7.48. The molecule has 5 rings (SSSR count). The van der Waals surface area contributed by atoms with Crippen molar-refractivity contribution in [1.29, 1.82) is 0 Å². The van der Waals surface area contributed by atoms with E-state index >= 15 is 0 Å². The van der Waals surface area contributed by atoms with Crippen molar-refractivity contribution in [2.45, 2.75) is 29.8 Å². The molecule has 0 saturated heterocycles. The van der Waals surface area contributed by atoms with E-state index in [4.69, 9.17) is 9.97 Å². The zero-order chi connectivity index (χ0) is 18.9. The maximum Gasteiger partial charge on any atom is 0.190 e. The van der Waals surface area contributed by atoms with Gasteiger partial charge in [0.25, 0.3) is 0 Å². The van der Waals surface area contributed by atoms with Gasteiger partial charge in [-0.15, -0.1) is 11.3 Å². The van der Waals surface area contributed by atoms with Crippen molar-refractivity contribution in [2.75, 3.05) is 5.32 Å². The van der Waals surface area contributed by atoms with E-state index in [0.29, 0.717) is 11.8 Å². The molecule has 0 radical (unpaired) electrons. The molecule has 2 aromatic heterocycles. The summed E-state index contributed by atoms with van der Waals surface area (Å²) in [6, 6.07) is 15.1. The predicted octanol–water partition coefficient (Wildman–Crippen LogP) is 5.76. The summed E-state index contributed by atoms with van der Waals surface area (Å²) in [7, 11) is 0. The first kappa shape index (κ1) is 17.6. The van der Waals surface area contributed by atoms with Crippen LogP contribution in [0.5, 0.6) is 0 Å². The molecule has 4 aromatic rings. The molecule has 0 atom stereocenters. The smallest absolute Gasteiger partial charge is 0.190 e. The fraction of sp³-hybridized carbons (Fsp3) is 0.190. The maximum atomic E-state index is 13.1. The first-order chi connectivity index (χ1) is 13.7. The van der Waals surface area contributed by atoms with Crippen LogP contribution in [0.2, 0.25) is 0 Å². The van der Waals surface area contributed by atoms with Gasteiger partial charge in [0.2, 0.25) is 0 Å². The van der Waals surface area contributed by atoms with Crippen LogP contribution in [0.4, 0.5) is 10.2 Å². The third kappa shape index (κ3) is 3.86. The molecule has 1 aliphatic rings. The maximum absolute atomic E-state index is 13.1. The topological polar surface area (TPSA) is 50.7 Å². The SMILES string of the molecule is Fc1ccc(-c2nc(CSc3nc(NC4CC4)c4ccccc4n3)cs2)cc1. The average Bonchev–Trinajstić information content (AvgIpc) is 3.41. The largest absolute Gasteiger partial charge is 0.367 e. The summed E-state index contributed by atoms with van der Waals surface area (Å²) < 4.78 is 13.1. The van der Waals surface area contributed by atoms with Crippen LogP contribution in [0, 0.1) is 5.82 Å². The van der Waals surface area contributed by atoms with Crippen LogP contribution >= 0.6 is 23.1 Å². The number of hydrogen-bond acceptors (Lipinski definition) is 6. The fourth-order valence-corrected chi connectivity index (χ4v) is 4.56. The highest BCUT2D eigenvalue weighted by Gasteiger charge is 2.22. The van der Waals surface area contributed by atoms with Crippen molar-refractivity contribution in [3.05, 3.63) is 65.4 Å². The molecule has 0 aliphatic heterocycles. The van der Waals surface area contributed by atoms with Crippen LogP contribution < -0.4 is 5.32 Å². The molecule has 1 N–H and O–H groups in total. The molecule has 140 valence electrons. The van der Waals surface area contributed by atoms with Crippen molar-refractivity contribution in [3.63, 3.8) is 0 Å². The molecule has 0 bridgehead atoms. The number of fused-ring (bicyclic) bond motifs is 1. The molecule has 1 aliphatic carbocycles. The van der Waals surface area contributed by atoms with Crippen LogP contribution in [-0.2, 0) is 5.75 Å². The molecule has 4 nitrogen and oxygen atoms in total. The minimum Gasteiger partial charge on any atom is -0.367 e. The number of hydrogen-bond donors (Lipinski definition) is 1. The Morgan fingerprint density at radius 1 is 1.04 bits per heavy atom. The van der Waals surface area contributed by atoms with Crippen molar-refractivity contribution < 1.29 is 4.39 Å². The zero-order valence-electron chi connectivity index (χ0n) is 14.9. The quantitative estimate of drug-likeness (QED) is 0.325. The third-order valence-electron chi connectivity index (χ3n) is 4.49. The standard InChI is InChI=1S/C21H17FN4S2/c22-14-7-5-13(6-8-14)20-24-16(11-27-20)12-28-21-25-18-4-2-1-3-17(18)19(26-21)23-15-9-10-15/h1-8,11,15H,9-10,12H2,(H,23,25,26). The van der Waals surface area contributed by atoms with Crippen LogP contribution in [0.15, 0.2) is 59.1 Å². The summed E-state index contributed by atoms with van der Waals surface area (Å²) in [5, 5.41) is 8.26. The molecule has 2 aromatic carbocycles. The third-order valence-corrected chi connectivity index (χ3v) is 6.31. The number of aromatic nitrogens is 3. The van der Waals surface area contributed by atoms with E-state index in [9.17, 15) is 4.39 Å². The van der Waals surface area contributed by atoms with Gasteiger partial charge in [0.05, 0.1) is 11.2 Å². The Kier molecular flexibility index (Phi) is 4.70. The second-order valence-electron chi connectivity index (χ2n) is 6.73. The Morgan fingerprint density at radius 2 is 1.86 bits per heavy atom. The number of thiazole rings is 1. The fourth-order valence-electron chi connectivity index (χ4n) is 2.89. The van der Waals surface area contributed by atoms with Crippen molar-refractivity contribution in [1.82, 2.24) is 15.0 Å². The molecule has 0 spiro atoms. The lowest BCUT2D eigenvalue weighted by atomic mass is 10.2. The number of benzene rings is 2. The summed E-state index contributed by atoms with van der Waals surface area (Å²) in [6.45, 7) is 0. The van der Waals surface area contributed by atoms with Crippen LogP contribution in [-0.4, -0.2) is 21.0 Å². The van der Waals surface area contributed by atoms with Crippen LogP contribution in [0.25, 0.3) is 21.5 Å². The molecule has 0 unspecified atom stereocenters. The van der Waals surface area contributed by atoms with Gasteiger partial charge in [-0.1, -0.05) is 23.9 Å². The van der Waals surface area contributed by atoms with E-state index in [1.807, 2.05) is 23.6 Å². The van der Waals surface area contributed by atoms with Gasteiger partial charge in [0, 0.05) is 28.1 Å². The molecule has 0 amide bonds. The van der Waals surface area contributed by atoms with Crippen molar-refractivity contribution in [2.24, 2.45) is 0 Å². The zero-order valence-corrected chi connectivity index (χ0v) is 16.6. The molecule has 2 heterocycles. The lowest BCUT2D eigenvalue weighted by molar-refractivity contribution is 0.628. The number of anilines is 1. The number of nitrogens with one attached hydrogen (secondary N) is 1.